The summed E-state index contributed by atoms with van der Waals surface area (Å²) in [4.78, 5) is 14.4. The van der Waals surface area contributed by atoms with E-state index in [0.717, 1.165) is 0 Å². The van der Waals surface area contributed by atoms with Crippen LogP contribution in [0.4, 0.5) is 0 Å². The maximum absolute atomic E-state index is 12.6. The SMILES string of the molecule is COCCN(CC(C)C)C(=O)C1COc2ccccc2O1. The number of carbonyl (C=O) groups excluding carboxylic acids is 1. The smallest absolute Gasteiger partial charge is 0.267 e. The van der Waals surface area contributed by atoms with E-state index in [4.69, 9.17) is 14.2 Å². The van der Waals surface area contributed by atoms with E-state index in [2.05, 4.69) is 13.8 Å². The zero-order valence-corrected chi connectivity index (χ0v) is 12.9. The quantitative estimate of drug-likeness (QED) is 0.804. The predicted molar refractivity (Wildman–Crippen MR) is 79.6 cm³/mol. The lowest BCUT2D eigenvalue weighted by molar-refractivity contribution is -0.142. The first-order valence-corrected chi connectivity index (χ1v) is 7.28. The summed E-state index contributed by atoms with van der Waals surface area (Å²) in [5.74, 6) is 1.66. The maximum atomic E-state index is 12.6. The van der Waals surface area contributed by atoms with E-state index in [0.29, 0.717) is 37.1 Å². The molecule has 116 valence electrons. The van der Waals surface area contributed by atoms with Crippen LogP contribution in [0.2, 0.25) is 0 Å². The fourth-order valence-electron chi connectivity index (χ4n) is 2.28. The average molecular weight is 293 g/mol. The molecule has 0 saturated carbocycles. The first-order chi connectivity index (χ1) is 10.1. The minimum Gasteiger partial charge on any atom is -0.485 e. The Labute approximate surface area is 125 Å². The third kappa shape index (κ3) is 4.11. The van der Waals surface area contributed by atoms with Gasteiger partial charge in [-0.3, -0.25) is 4.79 Å². The molecule has 0 radical (unpaired) electrons. The molecule has 1 aliphatic rings. The lowest BCUT2D eigenvalue weighted by atomic mass is 10.2. The molecule has 0 N–H and O–H groups in total. The average Bonchev–Trinajstić information content (AvgIpc) is 2.50. The van der Waals surface area contributed by atoms with Crippen LogP contribution >= 0.6 is 0 Å². The number of fused-ring (bicyclic) bond motifs is 1. The highest BCUT2D eigenvalue weighted by Gasteiger charge is 2.31. The third-order valence-electron chi connectivity index (χ3n) is 3.25. The lowest BCUT2D eigenvalue weighted by Crippen LogP contribution is -2.48. The zero-order valence-electron chi connectivity index (χ0n) is 12.9. The second-order valence-electron chi connectivity index (χ2n) is 5.54. The van der Waals surface area contributed by atoms with Crippen molar-refractivity contribution in [1.82, 2.24) is 4.90 Å². The summed E-state index contributed by atoms with van der Waals surface area (Å²) in [6.07, 6.45) is -0.587. The van der Waals surface area contributed by atoms with Crippen molar-refractivity contribution in [3.63, 3.8) is 0 Å². The Morgan fingerprint density at radius 1 is 1.38 bits per heavy atom. The van der Waals surface area contributed by atoms with Crippen molar-refractivity contribution in [2.24, 2.45) is 5.92 Å². The molecule has 1 amide bonds. The zero-order chi connectivity index (χ0) is 15.2. The molecule has 0 aromatic heterocycles. The van der Waals surface area contributed by atoms with Gasteiger partial charge in [-0.1, -0.05) is 26.0 Å². The van der Waals surface area contributed by atoms with E-state index in [9.17, 15) is 4.79 Å². The number of carbonyl (C=O) groups is 1. The molecule has 21 heavy (non-hydrogen) atoms. The molecular formula is C16H23NO4. The fourth-order valence-corrected chi connectivity index (χ4v) is 2.28. The number of ether oxygens (including phenoxy) is 3. The highest BCUT2D eigenvalue weighted by molar-refractivity contribution is 5.82. The van der Waals surface area contributed by atoms with Crippen molar-refractivity contribution < 1.29 is 19.0 Å². The van der Waals surface area contributed by atoms with Crippen LogP contribution in [0.1, 0.15) is 13.8 Å². The summed E-state index contributed by atoms with van der Waals surface area (Å²) in [5.41, 5.74) is 0. The van der Waals surface area contributed by atoms with Gasteiger partial charge in [0.25, 0.3) is 5.91 Å². The summed E-state index contributed by atoms with van der Waals surface area (Å²) in [7, 11) is 1.63. The fraction of sp³-hybridized carbons (Fsp3) is 0.562. The monoisotopic (exact) mass is 293 g/mol. The third-order valence-corrected chi connectivity index (χ3v) is 3.25. The molecule has 0 saturated heterocycles. The number of hydrogen-bond donors (Lipinski definition) is 0. The lowest BCUT2D eigenvalue weighted by Gasteiger charge is -2.31. The Balaban J connectivity index is 2.03. The maximum Gasteiger partial charge on any atom is 0.267 e. The van der Waals surface area contributed by atoms with Gasteiger partial charge in [0.2, 0.25) is 6.10 Å². The number of benzene rings is 1. The molecule has 1 aromatic carbocycles. The number of para-hydroxylation sites is 2. The van der Waals surface area contributed by atoms with Crippen molar-refractivity contribution in [1.29, 1.82) is 0 Å². The van der Waals surface area contributed by atoms with Crippen LogP contribution in [0.3, 0.4) is 0 Å². The molecule has 0 spiro atoms. The van der Waals surface area contributed by atoms with Crippen molar-refractivity contribution >= 4 is 5.91 Å². The van der Waals surface area contributed by atoms with Crippen LogP contribution in [0, 0.1) is 5.92 Å². The molecule has 0 bridgehead atoms. The first kappa shape index (κ1) is 15.6. The number of rotatable bonds is 6. The second-order valence-corrected chi connectivity index (χ2v) is 5.54. The predicted octanol–water partition coefficient (Wildman–Crippen LogP) is 1.96. The molecular weight excluding hydrogens is 270 g/mol. The van der Waals surface area contributed by atoms with Gasteiger partial charge in [-0.2, -0.15) is 0 Å². The first-order valence-electron chi connectivity index (χ1n) is 7.28. The molecule has 1 heterocycles. The highest BCUT2D eigenvalue weighted by atomic mass is 16.6. The highest BCUT2D eigenvalue weighted by Crippen LogP contribution is 2.31. The summed E-state index contributed by atoms with van der Waals surface area (Å²) >= 11 is 0. The van der Waals surface area contributed by atoms with Crippen molar-refractivity contribution in [2.75, 3.05) is 33.4 Å². The van der Waals surface area contributed by atoms with Crippen molar-refractivity contribution in [2.45, 2.75) is 20.0 Å². The van der Waals surface area contributed by atoms with Crippen molar-refractivity contribution in [3.8, 4) is 11.5 Å². The summed E-state index contributed by atoms with van der Waals surface area (Å²) in [5, 5.41) is 0. The van der Waals surface area contributed by atoms with Crippen LogP contribution in [0.25, 0.3) is 0 Å². The normalized spacial score (nSPS) is 16.9. The number of hydrogen-bond acceptors (Lipinski definition) is 4. The number of nitrogens with zero attached hydrogens (tertiary/aromatic N) is 1. The largest absolute Gasteiger partial charge is 0.485 e. The Morgan fingerprint density at radius 2 is 2.10 bits per heavy atom. The topological polar surface area (TPSA) is 48.0 Å². The molecule has 5 heteroatoms. The van der Waals surface area contributed by atoms with Gasteiger partial charge in [0.05, 0.1) is 6.61 Å². The van der Waals surface area contributed by atoms with Crippen LogP contribution < -0.4 is 9.47 Å². The Bertz CT molecular complexity index is 475. The summed E-state index contributed by atoms with van der Waals surface area (Å²) < 4.78 is 16.5. The van der Waals surface area contributed by atoms with Gasteiger partial charge in [-0.25, -0.2) is 0 Å². The Hall–Kier alpha value is -1.75. The van der Waals surface area contributed by atoms with E-state index >= 15 is 0 Å². The summed E-state index contributed by atoms with van der Waals surface area (Å²) in [6.45, 7) is 6.18. The van der Waals surface area contributed by atoms with Gasteiger partial charge >= 0.3 is 0 Å². The molecule has 2 rings (SSSR count). The van der Waals surface area contributed by atoms with E-state index in [1.54, 1.807) is 12.0 Å². The molecule has 1 atom stereocenters. The van der Waals surface area contributed by atoms with Gasteiger partial charge in [-0.05, 0) is 18.1 Å². The Morgan fingerprint density at radius 3 is 2.76 bits per heavy atom. The van der Waals surface area contributed by atoms with Gasteiger partial charge < -0.3 is 19.1 Å². The molecule has 1 aliphatic heterocycles. The van der Waals surface area contributed by atoms with E-state index in [1.165, 1.54) is 0 Å². The van der Waals surface area contributed by atoms with Crippen LogP contribution in [-0.2, 0) is 9.53 Å². The van der Waals surface area contributed by atoms with E-state index in [1.807, 2.05) is 24.3 Å². The minimum absolute atomic E-state index is 0.0461. The number of amides is 1. The van der Waals surface area contributed by atoms with Gasteiger partial charge in [0.1, 0.15) is 6.61 Å². The van der Waals surface area contributed by atoms with Gasteiger partial charge in [-0.15, -0.1) is 0 Å². The van der Waals surface area contributed by atoms with Crippen LogP contribution in [0.5, 0.6) is 11.5 Å². The molecule has 1 aromatic rings. The van der Waals surface area contributed by atoms with E-state index < -0.39 is 6.10 Å². The molecule has 0 aliphatic carbocycles. The number of methoxy groups -OCH3 is 1. The standard InChI is InChI=1S/C16H23NO4/c1-12(2)10-17(8-9-19-3)16(18)15-11-20-13-6-4-5-7-14(13)21-15/h4-7,12,15H,8-11H2,1-3H3. The molecule has 5 nitrogen and oxygen atoms in total. The molecule has 0 fully saturated rings. The van der Waals surface area contributed by atoms with Gasteiger partial charge in [0, 0.05) is 20.2 Å². The minimum atomic E-state index is -0.587. The van der Waals surface area contributed by atoms with Crippen molar-refractivity contribution in [3.05, 3.63) is 24.3 Å². The van der Waals surface area contributed by atoms with E-state index in [-0.39, 0.29) is 12.5 Å². The molecule has 1 unspecified atom stereocenters. The van der Waals surface area contributed by atoms with Gasteiger partial charge in [0.15, 0.2) is 11.5 Å². The Kier molecular flexibility index (Phi) is 5.44. The summed E-state index contributed by atoms with van der Waals surface area (Å²) in [6, 6.07) is 7.41. The second kappa shape index (κ2) is 7.31. The van der Waals surface area contributed by atoms with Crippen LogP contribution in [-0.4, -0.2) is 50.3 Å². The van der Waals surface area contributed by atoms with Crippen LogP contribution in [0.15, 0.2) is 24.3 Å².